The van der Waals surface area contributed by atoms with Gasteiger partial charge in [0.25, 0.3) is 5.69 Å². The van der Waals surface area contributed by atoms with E-state index in [0.29, 0.717) is 5.69 Å². The lowest BCUT2D eigenvalue weighted by Crippen LogP contribution is -2.08. The van der Waals surface area contributed by atoms with Gasteiger partial charge in [-0.1, -0.05) is 23.5 Å². The number of hydrogen-bond donors (Lipinski definition) is 0. The second-order valence-corrected chi connectivity index (χ2v) is 5.48. The van der Waals surface area contributed by atoms with Crippen LogP contribution in [0.5, 0.6) is 0 Å². The second-order valence-electron chi connectivity index (χ2n) is 4.47. The number of para-hydroxylation sites is 1. The van der Waals surface area contributed by atoms with E-state index in [4.69, 9.17) is 0 Å². The van der Waals surface area contributed by atoms with Crippen molar-refractivity contribution in [1.82, 2.24) is 4.57 Å². The molecule has 0 amide bonds. The largest absolute Gasteiger partial charge is 0.318 e. The Morgan fingerprint density at radius 3 is 2.55 bits per heavy atom. The fraction of sp³-hybridized carbons (Fsp3) is 0.0714. The number of benzene rings is 2. The quantitative estimate of drug-likeness (QED) is 0.419. The summed E-state index contributed by atoms with van der Waals surface area (Å²) in [5.74, 6) is 0. The standard InChI is InChI=1S/C14H11N5O2S/c1-18-12-4-2-3-5-13(12)22-14(18)16-17-15-10-6-8-11(9-7-10)19(20)21/h2-9H,1H3/b16-14+,17-15?. The number of non-ortho nitro benzene ring substituents is 1. The van der Waals surface area contributed by atoms with Gasteiger partial charge in [-0.25, -0.2) is 0 Å². The number of aromatic nitrogens is 1. The van der Waals surface area contributed by atoms with Crippen molar-refractivity contribution in [2.24, 2.45) is 22.5 Å². The van der Waals surface area contributed by atoms with E-state index in [0.717, 1.165) is 15.0 Å². The van der Waals surface area contributed by atoms with Crippen molar-refractivity contribution in [2.75, 3.05) is 0 Å². The summed E-state index contributed by atoms with van der Waals surface area (Å²) < 4.78 is 3.06. The molecular formula is C14H11N5O2S. The minimum absolute atomic E-state index is 0.0202. The first-order valence-corrected chi connectivity index (χ1v) is 7.20. The number of nitrogens with zero attached hydrogens (tertiary/aromatic N) is 5. The van der Waals surface area contributed by atoms with Gasteiger partial charge >= 0.3 is 0 Å². The summed E-state index contributed by atoms with van der Waals surface area (Å²) in [4.78, 5) is 10.8. The van der Waals surface area contributed by atoms with E-state index in [2.05, 4.69) is 15.4 Å². The van der Waals surface area contributed by atoms with Crippen molar-refractivity contribution in [2.45, 2.75) is 0 Å². The van der Waals surface area contributed by atoms with Crippen molar-refractivity contribution < 1.29 is 4.92 Å². The van der Waals surface area contributed by atoms with Gasteiger partial charge in [-0.05, 0) is 29.5 Å². The van der Waals surface area contributed by atoms with E-state index in [1.807, 2.05) is 35.9 Å². The normalized spacial score (nSPS) is 12.3. The molecule has 22 heavy (non-hydrogen) atoms. The smallest absolute Gasteiger partial charge is 0.269 e. The van der Waals surface area contributed by atoms with Gasteiger partial charge in [0, 0.05) is 19.2 Å². The van der Waals surface area contributed by atoms with Crippen molar-refractivity contribution in [3.63, 3.8) is 0 Å². The third-order valence-electron chi connectivity index (χ3n) is 3.07. The number of hydrogen-bond acceptors (Lipinski definition) is 5. The predicted molar refractivity (Wildman–Crippen MR) is 84.0 cm³/mol. The molecule has 110 valence electrons. The SMILES string of the molecule is Cn1/c(=N\N=Nc2ccc([N+](=O)[O-])cc2)sc2ccccc21. The third kappa shape index (κ3) is 2.77. The third-order valence-corrected chi connectivity index (χ3v) is 4.17. The van der Waals surface area contributed by atoms with Gasteiger partial charge in [0.2, 0.25) is 4.80 Å². The topological polar surface area (TPSA) is 85.1 Å². The molecule has 7 nitrogen and oxygen atoms in total. The minimum atomic E-state index is -0.456. The minimum Gasteiger partial charge on any atom is -0.318 e. The summed E-state index contributed by atoms with van der Waals surface area (Å²) in [5.41, 5.74) is 1.61. The van der Waals surface area contributed by atoms with Gasteiger partial charge < -0.3 is 4.57 Å². The lowest BCUT2D eigenvalue weighted by molar-refractivity contribution is -0.384. The molecule has 1 heterocycles. The molecule has 0 aliphatic carbocycles. The van der Waals surface area contributed by atoms with E-state index >= 15 is 0 Å². The summed E-state index contributed by atoms with van der Waals surface area (Å²) in [6.07, 6.45) is 0. The van der Waals surface area contributed by atoms with Gasteiger partial charge in [0.15, 0.2) is 0 Å². The van der Waals surface area contributed by atoms with Gasteiger partial charge in [-0.3, -0.25) is 10.1 Å². The maximum atomic E-state index is 10.6. The summed E-state index contributed by atoms with van der Waals surface area (Å²) in [7, 11) is 1.92. The van der Waals surface area contributed by atoms with E-state index in [1.165, 1.54) is 35.6 Å². The predicted octanol–water partition coefficient (Wildman–Crippen LogP) is 3.75. The summed E-state index contributed by atoms with van der Waals surface area (Å²) in [6, 6.07) is 13.8. The maximum absolute atomic E-state index is 10.6. The Labute approximate surface area is 129 Å². The number of aryl methyl sites for hydroxylation is 1. The number of fused-ring (bicyclic) bond motifs is 1. The molecule has 0 fully saturated rings. The van der Waals surface area contributed by atoms with Crippen molar-refractivity contribution in [1.29, 1.82) is 0 Å². The molecule has 0 saturated heterocycles. The highest BCUT2D eigenvalue weighted by Gasteiger charge is 2.03. The van der Waals surface area contributed by atoms with Crippen LogP contribution < -0.4 is 4.80 Å². The summed E-state index contributed by atoms with van der Waals surface area (Å²) in [5, 5.41) is 22.4. The zero-order valence-corrected chi connectivity index (χ0v) is 12.4. The molecule has 0 bridgehead atoms. The van der Waals surface area contributed by atoms with E-state index in [9.17, 15) is 10.1 Å². The Morgan fingerprint density at radius 1 is 1.14 bits per heavy atom. The van der Waals surface area contributed by atoms with Crippen LogP contribution >= 0.6 is 11.3 Å². The fourth-order valence-electron chi connectivity index (χ4n) is 1.93. The van der Waals surface area contributed by atoms with Crippen molar-refractivity contribution in [3.05, 3.63) is 63.4 Å². The van der Waals surface area contributed by atoms with Crippen LogP contribution in [-0.4, -0.2) is 9.49 Å². The van der Waals surface area contributed by atoms with Crippen LogP contribution in [0, 0.1) is 10.1 Å². The van der Waals surface area contributed by atoms with Crippen molar-refractivity contribution >= 4 is 32.9 Å². The summed E-state index contributed by atoms with van der Waals surface area (Å²) >= 11 is 1.52. The Balaban J connectivity index is 1.88. The van der Waals surface area contributed by atoms with Gasteiger partial charge in [-0.2, -0.15) is 0 Å². The highest BCUT2D eigenvalue weighted by Crippen LogP contribution is 2.18. The lowest BCUT2D eigenvalue weighted by atomic mass is 10.3. The average Bonchev–Trinajstić information content (AvgIpc) is 2.85. The molecule has 1 aromatic heterocycles. The molecule has 0 N–H and O–H groups in total. The van der Waals surface area contributed by atoms with Crippen LogP contribution in [0.1, 0.15) is 0 Å². The Bertz CT molecular complexity index is 924. The Kier molecular flexibility index (Phi) is 3.75. The second kappa shape index (κ2) is 5.86. The fourth-order valence-corrected chi connectivity index (χ4v) is 2.90. The van der Waals surface area contributed by atoms with Crippen LogP contribution in [0.25, 0.3) is 10.2 Å². The van der Waals surface area contributed by atoms with Gasteiger partial charge in [-0.15, -0.1) is 10.2 Å². The highest BCUT2D eigenvalue weighted by atomic mass is 32.1. The van der Waals surface area contributed by atoms with Crippen LogP contribution in [0.15, 0.2) is 64.0 Å². The number of nitro benzene ring substituents is 1. The molecule has 2 aromatic carbocycles. The molecule has 0 aliphatic heterocycles. The number of thiazole rings is 1. The van der Waals surface area contributed by atoms with Crippen LogP contribution in [-0.2, 0) is 7.05 Å². The van der Waals surface area contributed by atoms with Crippen LogP contribution in [0.2, 0.25) is 0 Å². The average molecular weight is 313 g/mol. The van der Waals surface area contributed by atoms with Crippen LogP contribution in [0.3, 0.4) is 0 Å². The first kappa shape index (κ1) is 14.1. The Hall–Kier alpha value is -2.87. The molecule has 0 unspecified atom stereocenters. The molecule has 0 saturated carbocycles. The Morgan fingerprint density at radius 2 is 1.86 bits per heavy atom. The molecule has 0 aliphatic rings. The molecular weight excluding hydrogens is 302 g/mol. The maximum Gasteiger partial charge on any atom is 0.269 e. The molecule has 0 radical (unpaired) electrons. The highest BCUT2D eigenvalue weighted by molar-refractivity contribution is 7.16. The molecule has 3 rings (SSSR count). The zero-order chi connectivity index (χ0) is 15.5. The number of rotatable bonds is 3. The molecule has 0 spiro atoms. The van der Waals surface area contributed by atoms with E-state index in [1.54, 1.807) is 0 Å². The summed E-state index contributed by atoms with van der Waals surface area (Å²) in [6.45, 7) is 0. The first-order valence-electron chi connectivity index (χ1n) is 6.39. The van der Waals surface area contributed by atoms with Gasteiger partial charge in [0.1, 0.15) is 0 Å². The zero-order valence-electron chi connectivity index (χ0n) is 11.6. The lowest BCUT2D eigenvalue weighted by Gasteiger charge is -1.92. The van der Waals surface area contributed by atoms with Crippen molar-refractivity contribution in [3.8, 4) is 0 Å². The van der Waals surface area contributed by atoms with E-state index < -0.39 is 4.92 Å². The molecule has 3 aromatic rings. The molecule has 8 heteroatoms. The van der Waals surface area contributed by atoms with Crippen LogP contribution in [0.4, 0.5) is 11.4 Å². The van der Waals surface area contributed by atoms with Gasteiger partial charge in [0.05, 0.1) is 20.8 Å². The number of nitro groups is 1. The molecule has 0 atom stereocenters. The first-order chi connectivity index (χ1) is 10.6. The monoisotopic (exact) mass is 313 g/mol. The van der Waals surface area contributed by atoms with E-state index in [-0.39, 0.29) is 5.69 Å².